The van der Waals surface area contributed by atoms with Crippen LogP contribution in [0.3, 0.4) is 0 Å². The number of fused-ring (bicyclic) bond motifs is 1. The van der Waals surface area contributed by atoms with E-state index in [9.17, 15) is 22.8 Å². The second kappa shape index (κ2) is 10.8. The zero-order valence-corrected chi connectivity index (χ0v) is 21.1. The minimum Gasteiger partial charge on any atom is -0.354 e. The molecule has 0 saturated carbocycles. The summed E-state index contributed by atoms with van der Waals surface area (Å²) in [6.07, 6.45) is 1.66. The van der Waals surface area contributed by atoms with E-state index in [-0.39, 0.29) is 27.9 Å². The number of nitrogens with zero attached hydrogens (tertiary/aromatic N) is 2. The largest absolute Gasteiger partial charge is 0.354 e. The number of hydrogen-bond donors (Lipinski definition) is 1. The van der Waals surface area contributed by atoms with Crippen LogP contribution in [0.5, 0.6) is 0 Å². The summed E-state index contributed by atoms with van der Waals surface area (Å²) in [6.45, 7) is 3.21. The molecule has 0 radical (unpaired) electrons. The molecule has 0 aromatic heterocycles. The minimum absolute atomic E-state index is 0.0108. The van der Waals surface area contributed by atoms with Crippen molar-refractivity contribution in [3.8, 4) is 0 Å². The van der Waals surface area contributed by atoms with E-state index in [0.29, 0.717) is 21.4 Å². The number of halogens is 2. The Balaban J connectivity index is 1.87. The van der Waals surface area contributed by atoms with Crippen LogP contribution in [-0.4, -0.2) is 54.5 Å². The van der Waals surface area contributed by atoms with Crippen molar-refractivity contribution >= 4 is 50.9 Å². The molecule has 1 N–H and O–H groups in total. The van der Waals surface area contributed by atoms with Crippen molar-refractivity contribution in [1.29, 1.82) is 0 Å². The van der Waals surface area contributed by atoms with Gasteiger partial charge in [0.05, 0.1) is 15.6 Å². The van der Waals surface area contributed by atoms with Gasteiger partial charge in [-0.05, 0) is 43.2 Å². The van der Waals surface area contributed by atoms with Crippen molar-refractivity contribution in [1.82, 2.24) is 14.5 Å². The standard InChI is InChI=1S/C23H25Cl2N3O5S/c1-3-4-11-26-22(30)15(2)27(13-16-9-10-18(24)19(25)12-16)21(29)14-28-23(31)17-7-5-6-8-20(17)34(28,32)33/h5-10,12,15H,3-4,11,13-14H2,1-2H3,(H,26,30)/t15-/m0/s1. The van der Waals surface area contributed by atoms with Gasteiger partial charge in [-0.1, -0.05) is 54.7 Å². The van der Waals surface area contributed by atoms with Gasteiger partial charge in [-0.15, -0.1) is 0 Å². The summed E-state index contributed by atoms with van der Waals surface area (Å²) < 4.78 is 26.3. The fourth-order valence-corrected chi connectivity index (χ4v) is 5.39. The summed E-state index contributed by atoms with van der Waals surface area (Å²) >= 11 is 12.1. The SMILES string of the molecule is CCCCNC(=O)[C@H](C)N(Cc1ccc(Cl)c(Cl)c1)C(=O)CN1C(=O)c2ccccc2S1(=O)=O. The van der Waals surface area contributed by atoms with Crippen molar-refractivity contribution in [3.05, 3.63) is 63.6 Å². The highest BCUT2D eigenvalue weighted by Crippen LogP contribution is 2.30. The van der Waals surface area contributed by atoms with Crippen molar-refractivity contribution in [3.63, 3.8) is 0 Å². The molecule has 34 heavy (non-hydrogen) atoms. The molecule has 1 aliphatic heterocycles. The first kappa shape index (κ1) is 26.0. The number of unbranched alkanes of at least 4 members (excludes halogenated alkanes) is 1. The van der Waals surface area contributed by atoms with Crippen LogP contribution < -0.4 is 5.32 Å². The molecule has 0 unspecified atom stereocenters. The van der Waals surface area contributed by atoms with Gasteiger partial charge < -0.3 is 10.2 Å². The van der Waals surface area contributed by atoms with Gasteiger partial charge in [0, 0.05) is 13.1 Å². The average Bonchev–Trinajstić information content (AvgIpc) is 3.00. The number of carbonyl (C=O) groups is 3. The number of benzene rings is 2. The fourth-order valence-electron chi connectivity index (χ4n) is 3.55. The van der Waals surface area contributed by atoms with Crippen molar-refractivity contribution < 1.29 is 22.8 Å². The predicted molar refractivity (Wildman–Crippen MR) is 129 cm³/mol. The van der Waals surface area contributed by atoms with E-state index in [1.54, 1.807) is 31.2 Å². The van der Waals surface area contributed by atoms with Gasteiger partial charge in [0.2, 0.25) is 11.8 Å². The molecule has 0 bridgehead atoms. The minimum atomic E-state index is -4.18. The molecule has 8 nitrogen and oxygen atoms in total. The maximum absolute atomic E-state index is 13.3. The highest BCUT2D eigenvalue weighted by Gasteiger charge is 2.43. The Kier molecular flexibility index (Phi) is 8.22. The van der Waals surface area contributed by atoms with Crippen molar-refractivity contribution in [2.45, 2.75) is 44.2 Å². The average molecular weight is 526 g/mol. The van der Waals surface area contributed by atoms with E-state index in [0.717, 1.165) is 12.8 Å². The molecule has 2 aromatic rings. The Bertz CT molecular complexity index is 1220. The second-order valence-electron chi connectivity index (χ2n) is 7.90. The molecule has 3 rings (SSSR count). The van der Waals surface area contributed by atoms with Crippen LogP contribution in [0, 0.1) is 0 Å². The first-order valence-corrected chi connectivity index (χ1v) is 12.9. The lowest BCUT2D eigenvalue weighted by Crippen LogP contribution is -2.51. The quantitative estimate of drug-likeness (QED) is 0.504. The van der Waals surface area contributed by atoms with Crippen LogP contribution in [0.25, 0.3) is 0 Å². The molecule has 0 fully saturated rings. The molecule has 3 amide bonds. The number of amides is 3. The summed E-state index contributed by atoms with van der Waals surface area (Å²) in [5, 5.41) is 3.39. The molecule has 1 atom stereocenters. The van der Waals surface area contributed by atoms with Crippen LogP contribution in [0.15, 0.2) is 47.4 Å². The fraction of sp³-hybridized carbons (Fsp3) is 0.348. The third-order valence-electron chi connectivity index (χ3n) is 5.52. The van der Waals surface area contributed by atoms with Gasteiger partial charge in [0.15, 0.2) is 0 Å². The molecule has 182 valence electrons. The Morgan fingerprint density at radius 1 is 1.12 bits per heavy atom. The van der Waals surface area contributed by atoms with Crippen LogP contribution in [0.2, 0.25) is 10.0 Å². The first-order chi connectivity index (χ1) is 16.1. The molecule has 11 heteroatoms. The van der Waals surface area contributed by atoms with E-state index in [1.165, 1.54) is 23.1 Å². The first-order valence-electron chi connectivity index (χ1n) is 10.7. The molecular weight excluding hydrogens is 501 g/mol. The Hall–Kier alpha value is -2.62. The maximum Gasteiger partial charge on any atom is 0.269 e. The van der Waals surface area contributed by atoms with Crippen LogP contribution in [0.1, 0.15) is 42.6 Å². The molecule has 1 aliphatic rings. The third-order valence-corrected chi connectivity index (χ3v) is 8.05. The number of nitrogens with one attached hydrogen (secondary N) is 1. The molecular formula is C23H25Cl2N3O5S. The predicted octanol–water partition coefficient (Wildman–Crippen LogP) is 3.47. The van der Waals surface area contributed by atoms with Crippen LogP contribution >= 0.6 is 23.2 Å². The van der Waals surface area contributed by atoms with Crippen LogP contribution in [0.4, 0.5) is 0 Å². The van der Waals surface area contributed by atoms with Gasteiger partial charge in [-0.2, -0.15) is 0 Å². The lowest BCUT2D eigenvalue weighted by molar-refractivity contribution is -0.140. The zero-order valence-electron chi connectivity index (χ0n) is 18.8. The molecule has 1 heterocycles. The molecule has 0 spiro atoms. The summed E-state index contributed by atoms with van der Waals surface area (Å²) in [5.41, 5.74) is 0.603. The smallest absolute Gasteiger partial charge is 0.269 e. The summed E-state index contributed by atoms with van der Waals surface area (Å²) in [6, 6.07) is 9.65. The summed E-state index contributed by atoms with van der Waals surface area (Å²) in [4.78, 5) is 39.9. The van der Waals surface area contributed by atoms with Gasteiger partial charge in [-0.25, -0.2) is 12.7 Å². The van der Waals surface area contributed by atoms with E-state index < -0.39 is 34.4 Å². The summed E-state index contributed by atoms with van der Waals surface area (Å²) in [5.74, 6) is -1.87. The molecule has 0 aliphatic carbocycles. The second-order valence-corrected chi connectivity index (χ2v) is 10.5. The van der Waals surface area contributed by atoms with E-state index >= 15 is 0 Å². The van der Waals surface area contributed by atoms with Gasteiger partial charge in [0.25, 0.3) is 15.9 Å². The topological polar surface area (TPSA) is 104 Å². The Morgan fingerprint density at radius 3 is 2.47 bits per heavy atom. The monoisotopic (exact) mass is 525 g/mol. The zero-order chi connectivity index (χ0) is 25.0. The van der Waals surface area contributed by atoms with Gasteiger partial charge >= 0.3 is 0 Å². The number of sulfonamides is 1. The molecule has 0 saturated heterocycles. The molecule has 2 aromatic carbocycles. The number of hydrogen-bond acceptors (Lipinski definition) is 5. The lowest BCUT2D eigenvalue weighted by atomic mass is 10.1. The van der Waals surface area contributed by atoms with Gasteiger partial charge in [-0.3, -0.25) is 14.4 Å². The number of rotatable bonds is 9. The highest BCUT2D eigenvalue weighted by molar-refractivity contribution is 7.90. The van der Waals surface area contributed by atoms with E-state index in [4.69, 9.17) is 23.2 Å². The highest BCUT2D eigenvalue weighted by atomic mass is 35.5. The van der Waals surface area contributed by atoms with Crippen LogP contribution in [-0.2, 0) is 26.2 Å². The Labute approximate surface area is 208 Å². The van der Waals surface area contributed by atoms with E-state index in [1.807, 2.05) is 6.92 Å². The summed E-state index contributed by atoms with van der Waals surface area (Å²) in [7, 11) is -4.18. The van der Waals surface area contributed by atoms with Crippen molar-refractivity contribution in [2.75, 3.05) is 13.1 Å². The van der Waals surface area contributed by atoms with E-state index in [2.05, 4.69) is 5.32 Å². The Morgan fingerprint density at radius 2 is 1.82 bits per heavy atom. The van der Waals surface area contributed by atoms with Crippen molar-refractivity contribution in [2.24, 2.45) is 0 Å². The normalized spacial score (nSPS) is 15.1. The maximum atomic E-state index is 13.3. The van der Waals surface area contributed by atoms with Gasteiger partial charge in [0.1, 0.15) is 17.5 Å². The number of carbonyl (C=O) groups excluding carboxylic acids is 3. The lowest BCUT2D eigenvalue weighted by Gasteiger charge is -2.30. The third kappa shape index (κ3) is 5.37.